The van der Waals surface area contributed by atoms with Gasteiger partial charge in [-0.2, -0.15) is 4.98 Å². The molecule has 0 amide bonds. The average molecular weight is 372 g/mol. The smallest absolute Gasteiger partial charge is 0.310 e. The lowest BCUT2D eigenvalue weighted by Gasteiger charge is -2.07. The van der Waals surface area contributed by atoms with Gasteiger partial charge in [0, 0.05) is 31.9 Å². The van der Waals surface area contributed by atoms with Crippen molar-refractivity contribution in [3.05, 3.63) is 56.3 Å². The predicted octanol–water partition coefficient (Wildman–Crippen LogP) is 2.42. The molecule has 0 radical (unpaired) electrons. The van der Waals surface area contributed by atoms with E-state index in [0.717, 1.165) is 28.8 Å². The van der Waals surface area contributed by atoms with E-state index in [2.05, 4.69) is 16.5 Å². The molecular formula is C18H18ClN5O2. The molecule has 0 unspecified atom stereocenters. The summed E-state index contributed by atoms with van der Waals surface area (Å²) >= 11 is 6.01. The van der Waals surface area contributed by atoms with Crippen molar-refractivity contribution in [2.24, 2.45) is 14.1 Å². The summed E-state index contributed by atoms with van der Waals surface area (Å²) in [6, 6.07) is 7.56. The molecule has 134 valence electrons. The number of halogens is 1. The Bertz CT molecular complexity index is 1260. The highest BCUT2D eigenvalue weighted by molar-refractivity contribution is 6.30. The third-order valence-electron chi connectivity index (χ3n) is 4.64. The first-order valence-electron chi connectivity index (χ1n) is 8.37. The maximum atomic E-state index is 12.7. The number of rotatable bonds is 3. The Morgan fingerprint density at radius 1 is 1.08 bits per heavy atom. The van der Waals surface area contributed by atoms with Crippen molar-refractivity contribution < 1.29 is 0 Å². The molecule has 0 spiro atoms. The summed E-state index contributed by atoms with van der Waals surface area (Å²) in [6.07, 6.45) is 2.81. The highest BCUT2D eigenvalue weighted by Gasteiger charge is 2.20. The van der Waals surface area contributed by atoms with Gasteiger partial charge in [0.05, 0.1) is 5.69 Å². The van der Waals surface area contributed by atoms with Crippen LogP contribution in [-0.4, -0.2) is 23.1 Å². The van der Waals surface area contributed by atoms with Crippen LogP contribution in [-0.2, 0) is 20.6 Å². The fourth-order valence-corrected chi connectivity index (χ4v) is 3.44. The Morgan fingerprint density at radius 3 is 2.42 bits per heavy atom. The minimum absolute atomic E-state index is 0.355. The summed E-state index contributed by atoms with van der Waals surface area (Å²) in [4.78, 5) is 29.5. The fourth-order valence-electron chi connectivity index (χ4n) is 3.31. The molecule has 0 saturated carbocycles. The van der Waals surface area contributed by atoms with Gasteiger partial charge in [-0.3, -0.25) is 18.3 Å². The van der Waals surface area contributed by atoms with E-state index >= 15 is 0 Å². The molecule has 1 aromatic carbocycles. The first-order valence-corrected chi connectivity index (χ1v) is 8.75. The molecular weight excluding hydrogens is 354 g/mol. The van der Waals surface area contributed by atoms with Gasteiger partial charge in [0.2, 0.25) is 5.78 Å². The van der Waals surface area contributed by atoms with Crippen LogP contribution in [0, 0.1) is 0 Å². The standard InChI is InChI=1S/C18H18ClN5O2/c1-4-9-23-13(11-5-7-12(19)8-6-11)10-24-14-15(20-17(23)24)21(2)18(26)22(3)16(14)25/h5-8,10H,4,9H2,1-3H3. The van der Waals surface area contributed by atoms with E-state index in [9.17, 15) is 9.59 Å². The maximum Gasteiger partial charge on any atom is 0.332 e. The Balaban J connectivity index is 2.13. The van der Waals surface area contributed by atoms with Crippen LogP contribution in [0.2, 0.25) is 5.02 Å². The molecule has 4 aromatic rings. The number of nitrogens with zero attached hydrogens (tertiary/aromatic N) is 5. The quantitative estimate of drug-likeness (QED) is 0.555. The number of aromatic nitrogens is 5. The highest BCUT2D eigenvalue weighted by atomic mass is 35.5. The molecule has 0 saturated heterocycles. The SMILES string of the molecule is CCCn1c(-c2ccc(Cl)cc2)cn2c3c(=O)n(C)c(=O)n(C)c3nc12. The lowest BCUT2D eigenvalue weighted by atomic mass is 10.1. The largest absolute Gasteiger partial charge is 0.332 e. The predicted molar refractivity (Wildman–Crippen MR) is 102 cm³/mol. The molecule has 0 aliphatic heterocycles. The zero-order valence-corrected chi connectivity index (χ0v) is 15.5. The molecule has 0 aliphatic rings. The third-order valence-corrected chi connectivity index (χ3v) is 4.90. The summed E-state index contributed by atoms with van der Waals surface area (Å²) in [5, 5.41) is 0.668. The topological polar surface area (TPSA) is 66.2 Å². The summed E-state index contributed by atoms with van der Waals surface area (Å²) in [5.74, 6) is 0.644. The monoisotopic (exact) mass is 371 g/mol. The fraction of sp³-hybridized carbons (Fsp3) is 0.278. The third kappa shape index (κ3) is 2.24. The molecule has 0 atom stereocenters. The van der Waals surface area contributed by atoms with Gasteiger partial charge >= 0.3 is 5.69 Å². The van der Waals surface area contributed by atoms with Crippen molar-refractivity contribution in [1.29, 1.82) is 0 Å². The van der Waals surface area contributed by atoms with Gasteiger partial charge in [0.15, 0.2) is 11.2 Å². The van der Waals surface area contributed by atoms with Gasteiger partial charge in [-0.15, -0.1) is 0 Å². The highest BCUT2D eigenvalue weighted by Crippen LogP contribution is 2.26. The van der Waals surface area contributed by atoms with E-state index in [1.807, 2.05) is 30.5 Å². The first kappa shape index (κ1) is 16.7. The van der Waals surface area contributed by atoms with Crippen LogP contribution in [0.15, 0.2) is 40.1 Å². The summed E-state index contributed by atoms with van der Waals surface area (Å²) in [5.41, 5.74) is 1.98. The molecule has 3 heterocycles. The second-order valence-corrected chi connectivity index (χ2v) is 6.77. The van der Waals surface area contributed by atoms with E-state index in [4.69, 9.17) is 11.6 Å². The van der Waals surface area contributed by atoms with Crippen molar-refractivity contribution in [2.45, 2.75) is 19.9 Å². The Morgan fingerprint density at radius 2 is 1.77 bits per heavy atom. The van der Waals surface area contributed by atoms with Gasteiger partial charge in [-0.05, 0) is 24.1 Å². The average Bonchev–Trinajstić information content (AvgIpc) is 3.16. The number of aryl methyl sites for hydroxylation is 2. The second kappa shape index (κ2) is 5.88. The van der Waals surface area contributed by atoms with Crippen LogP contribution in [0.3, 0.4) is 0 Å². The summed E-state index contributed by atoms with van der Waals surface area (Å²) < 4.78 is 6.35. The zero-order chi connectivity index (χ0) is 18.6. The van der Waals surface area contributed by atoms with Crippen molar-refractivity contribution in [1.82, 2.24) is 23.1 Å². The van der Waals surface area contributed by atoms with Gasteiger partial charge in [0.1, 0.15) is 0 Å². The van der Waals surface area contributed by atoms with Crippen LogP contribution in [0.25, 0.3) is 28.2 Å². The maximum absolute atomic E-state index is 12.7. The zero-order valence-electron chi connectivity index (χ0n) is 14.7. The van der Waals surface area contributed by atoms with Crippen LogP contribution in [0.1, 0.15) is 13.3 Å². The number of imidazole rings is 2. The van der Waals surface area contributed by atoms with E-state index in [0.29, 0.717) is 22.0 Å². The van der Waals surface area contributed by atoms with Crippen LogP contribution in [0.5, 0.6) is 0 Å². The van der Waals surface area contributed by atoms with E-state index < -0.39 is 0 Å². The van der Waals surface area contributed by atoms with Gasteiger partial charge in [-0.1, -0.05) is 30.7 Å². The lowest BCUT2D eigenvalue weighted by Crippen LogP contribution is -2.37. The van der Waals surface area contributed by atoms with Crippen LogP contribution in [0.4, 0.5) is 0 Å². The van der Waals surface area contributed by atoms with Gasteiger partial charge in [-0.25, -0.2) is 4.79 Å². The molecule has 8 heteroatoms. The van der Waals surface area contributed by atoms with E-state index in [1.165, 1.54) is 11.6 Å². The van der Waals surface area contributed by atoms with Crippen molar-refractivity contribution in [3.63, 3.8) is 0 Å². The van der Waals surface area contributed by atoms with Crippen molar-refractivity contribution in [2.75, 3.05) is 0 Å². The van der Waals surface area contributed by atoms with Crippen molar-refractivity contribution >= 4 is 28.5 Å². The van der Waals surface area contributed by atoms with E-state index in [-0.39, 0.29) is 11.2 Å². The van der Waals surface area contributed by atoms with Gasteiger partial charge in [0.25, 0.3) is 5.56 Å². The summed E-state index contributed by atoms with van der Waals surface area (Å²) in [6.45, 7) is 2.83. The minimum Gasteiger partial charge on any atom is -0.310 e. The normalized spacial score (nSPS) is 11.7. The lowest BCUT2D eigenvalue weighted by molar-refractivity contribution is 0.698. The Kier molecular flexibility index (Phi) is 3.77. The van der Waals surface area contributed by atoms with Crippen molar-refractivity contribution in [3.8, 4) is 11.3 Å². The molecule has 0 aliphatic carbocycles. The van der Waals surface area contributed by atoms with Crippen LogP contribution < -0.4 is 11.2 Å². The Hall–Kier alpha value is -2.80. The molecule has 3 aromatic heterocycles. The number of hydrogen-bond acceptors (Lipinski definition) is 3. The number of benzene rings is 1. The minimum atomic E-state index is -0.386. The molecule has 0 N–H and O–H groups in total. The van der Waals surface area contributed by atoms with Crippen LogP contribution >= 0.6 is 11.6 Å². The van der Waals surface area contributed by atoms with E-state index in [1.54, 1.807) is 11.4 Å². The molecule has 0 bridgehead atoms. The summed E-state index contributed by atoms with van der Waals surface area (Å²) in [7, 11) is 3.10. The Labute approximate surface area is 153 Å². The molecule has 26 heavy (non-hydrogen) atoms. The molecule has 4 rings (SSSR count). The molecule has 0 fully saturated rings. The second-order valence-electron chi connectivity index (χ2n) is 6.33. The number of hydrogen-bond donors (Lipinski definition) is 0. The molecule has 7 nitrogen and oxygen atoms in total. The first-order chi connectivity index (χ1) is 12.4. The number of fused-ring (bicyclic) bond motifs is 3. The van der Waals surface area contributed by atoms with Gasteiger partial charge < -0.3 is 4.57 Å².